The SMILES string of the molecule is COc1ccc(CCC(=O)NNC(=O)c2cc3c(s2)CCC(C)C3)cc1OC. The second-order valence-electron chi connectivity index (χ2n) is 7.10. The highest BCUT2D eigenvalue weighted by atomic mass is 32.1. The molecule has 28 heavy (non-hydrogen) atoms. The molecule has 1 aromatic carbocycles. The first-order chi connectivity index (χ1) is 13.5. The second-order valence-corrected chi connectivity index (χ2v) is 8.24. The standard InChI is InChI=1S/C21H26N2O4S/c1-13-4-8-18-15(10-13)12-19(28-18)21(25)23-22-20(24)9-6-14-5-7-16(26-2)17(11-14)27-3/h5,7,11-13H,4,6,8-10H2,1-3H3,(H,22,24)(H,23,25). The van der Waals surface area contributed by atoms with Crippen LogP contribution in [0.1, 0.15) is 45.4 Å². The zero-order chi connectivity index (χ0) is 20.1. The van der Waals surface area contributed by atoms with E-state index in [9.17, 15) is 9.59 Å². The summed E-state index contributed by atoms with van der Waals surface area (Å²) < 4.78 is 10.5. The molecule has 0 fully saturated rings. The molecule has 0 radical (unpaired) electrons. The Morgan fingerprint density at radius 1 is 1.14 bits per heavy atom. The Morgan fingerprint density at radius 2 is 1.93 bits per heavy atom. The van der Waals surface area contributed by atoms with Crippen LogP contribution in [0.3, 0.4) is 0 Å². The second kappa shape index (κ2) is 9.10. The van der Waals surface area contributed by atoms with Crippen molar-refractivity contribution in [3.05, 3.63) is 45.1 Å². The third-order valence-corrected chi connectivity index (χ3v) is 6.19. The smallest absolute Gasteiger partial charge is 0.279 e. The Hall–Kier alpha value is -2.54. The van der Waals surface area contributed by atoms with Crippen molar-refractivity contribution >= 4 is 23.2 Å². The molecule has 7 heteroatoms. The summed E-state index contributed by atoms with van der Waals surface area (Å²) in [5.74, 6) is 1.44. The van der Waals surface area contributed by atoms with Gasteiger partial charge in [0.1, 0.15) is 0 Å². The van der Waals surface area contributed by atoms with Gasteiger partial charge in [-0.15, -0.1) is 11.3 Å². The highest BCUT2D eigenvalue weighted by Gasteiger charge is 2.20. The number of aryl methyl sites for hydroxylation is 2. The minimum absolute atomic E-state index is 0.238. The monoisotopic (exact) mass is 402 g/mol. The number of carbonyl (C=O) groups is 2. The Labute approximate surface area is 169 Å². The molecule has 3 rings (SSSR count). The van der Waals surface area contributed by atoms with Crippen molar-refractivity contribution in [2.45, 2.75) is 39.0 Å². The van der Waals surface area contributed by atoms with Gasteiger partial charge in [-0.05, 0) is 60.9 Å². The van der Waals surface area contributed by atoms with E-state index < -0.39 is 0 Å². The van der Waals surface area contributed by atoms with Crippen LogP contribution in [0.5, 0.6) is 11.5 Å². The number of amides is 2. The Kier molecular flexibility index (Phi) is 6.57. The fourth-order valence-electron chi connectivity index (χ4n) is 3.36. The molecule has 0 aliphatic heterocycles. The van der Waals surface area contributed by atoms with Crippen LogP contribution in [0.15, 0.2) is 24.3 Å². The Bertz CT molecular complexity index is 862. The zero-order valence-corrected chi connectivity index (χ0v) is 17.3. The third kappa shape index (κ3) is 4.84. The van der Waals surface area contributed by atoms with Gasteiger partial charge >= 0.3 is 0 Å². The van der Waals surface area contributed by atoms with Gasteiger partial charge < -0.3 is 9.47 Å². The molecule has 2 aromatic rings. The number of carbonyl (C=O) groups excluding carboxylic acids is 2. The van der Waals surface area contributed by atoms with Gasteiger partial charge in [0.2, 0.25) is 5.91 Å². The highest BCUT2D eigenvalue weighted by Crippen LogP contribution is 2.32. The summed E-state index contributed by atoms with van der Waals surface area (Å²) >= 11 is 1.53. The van der Waals surface area contributed by atoms with Crippen LogP contribution in [-0.4, -0.2) is 26.0 Å². The topological polar surface area (TPSA) is 76.7 Å². The van der Waals surface area contributed by atoms with E-state index in [-0.39, 0.29) is 18.2 Å². The van der Waals surface area contributed by atoms with E-state index in [0.717, 1.165) is 18.4 Å². The molecule has 6 nitrogen and oxygen atoms in total. The molecule has 0 saturated carbocycles. The zero-order valence-electron chi connectivity index (χ0n) is 16.5. The molecule has 1 unspecified atom stereocenters. The van der Waals surface area contributed by atoms with Gasteiger partial charge in [-0.3, -0.25) is 20.4 Å². The van der Waals surface area contributed by atoms with Crippen molar-refractivity contribution in [3.63, 3.8) is 0 Å². The number of fused-ring (bicyclic) bond motifs is 1. The van der Waals surface area contributed by atoms with Crippen molar-refractivity contribution in [3.8, 4) is 11.5 Å². The summed E-state index contributed by atoms with van der Waals surface area (Å²) in [5.41, 5.74) is 7.26. The number of hydrazine groups is 1. The number of benzene rings is 1. The predicted octanol–water partition coefficient (Wildman–Crippen LogP) is 3.28. The van der Waals surface area contributed by atoms with E-state index in [1.165, 1.54) is 28.2 Å². The van der Waals surface area contributed by atoms with Crippen molar-refractivity contribution in [2.24, 2.45) is 5.92 Å². The largest absolute Gasteiger partial charge is 0.493 e. The predicted molar refractivity (Wildman–Crippen MR) is 109 cm³/mol. The minimum Gasteiger partial charge on any atom is -0.493 e. The van der Waals surface area contributed by atoms with Crippen molar-refractivity contribution in [1.82, 2.24) is 10.9 Å². The number of thiophene rings is 1. The fraction of sp³-hybridized carbons (Fsp3) is 0.429. The molecule has 0 bridgehead atoms. The number of ether oxygens (including phenoxy) is 2. The minimum atomic E-state index is -0.258. The molecule has 1 aromatic heterocycles. The lowest BCUT2D eigenvalue weighted by atomic mass is 9.90. The molecular weight excluding hydrogens is 376 g/mol. The quantitative estimate of drug-likeness (QED) is 0.727. The molecule has 1 aliphatic carbocycles. The lowest BCUT2D eigenvalue weighted by Gasteiger charge is -2.16. The molecule has 1 atom stereocenters. The van der Waals surface area contributed by atoms with Gasteiger partial charge in [-0.2, -0.15) is 0 Å². The van der Waals surface area contributed by atoms with Crippen LogP contribution >= 0.6 is 11.3 Å². The van der Waals surface area contributed by atoms with Crippen LogP contribution in [-0.2, 0) is 24.1 Å². The summed E-state index contributed by atoms with van der Waals surface area (Å²) in [6, 6.07) is 7.51. The summed E-state index contributed by atoms with van der Waals surface area (Å²) in [6.45, 7) is 2.24. The lowest BCUT2D eigenvalue weighted by molar-refractivity contribution is -0.121. The highest BCUT2D eigenvalue weighted by molar-refractivity contribution is 7.14. The number of hydrogen-bond acceptors (Lipinski definition) is 5. The Balaban J connectivity index is 1.48. The number of hydrogen-bond donors (Lipinski definition) is 2. The van der Waals surface area contributed by atoms with E-state index in [4.69, 9.17) is 9.47 Å². The maximum atomic E-state index is 12.3. The van der Waals surface area contributed by atoms with Crippen LogP contribution in [0.4, 0.5) is 0 Å². The van der Waals surface area contributed by atoms with Gasteiger partial charge in [0.05, 0.1) is 19.1 Å². The molecule has 1 aliphatic rings. The van der Waals surface area contributed by atoms with E-state index >= 15 is 0 Å². The van der Waals surface area contributed by atoms with Gasteiger partial charge in [0, 0.05) is 11.3 Å². The number of nitrogens with one attached hydrogen (secondary N) is 2. The molecule has 0 saturated heterocycles. The van der Waals surface area contributed by atoms with E-state index in [0.29, 0.717) is 28.7 Å². The first-order valence-corrected chi connectivity index (χ1v) is 10.2. The summed E-state index contributed by atoms with van der Waals surface area (Å²) in [6.07, 6.45) is 4.02. The first-order valence-electron chi connectivity index (χ1n) is 9.41. The number of methoxy groups -OCH3 is 2. The fourth-order valence-corrected chi connectivity index (χ4v) is 4.47. The average molecular weight is 403 g/mol. The van der Waals surface area contributed by atoms with Crippen LogP contribution in [0, 0.1) is 5.92 Å². The van der Waals surface area contributed by atoms with Crippen LogP contribution in [0.25, 0.3) is 0 Å². The van der Waals surface area contributed by atoms with Crippen LogP contribution < -0.4 is 20.3 Å². The molecular formula is C21H26N2O4S. The van der Waals surface area contributed by atoms with E-state index in [2.05, 4.69) is 17.8 Å². The summed E-state index contributed by atoms with van der Waals surface area (Å²) in [4.78, 5) is 26.4. The van der Waals surface area contributed by atoms with Gasteiger partial charge in [-0.25, -0.2) is 0 Å². The normalized spacial score (nSPS) is 15.5. The molecule has 0 spiro atoms. The molecule has 150 valence electrons. The van der Waals surface area contributed by atoms with Crippen molar-refractivity contribution < 1.29 is 19.1 Å². The average Bonchev–Trinajstić information content (AvgIpc) is 3.13. The van der Waals surface area contributed by atoms with E-state index in [1.807, 2.05) is 24.3 Å². The summed E-state index contributed by atoms with van der Waals surface area (Å²) in [5, 5.41) is 0. The van der Waals surface area contributed by atoms with E-state index in [1.54, 1.807) is 14.2 Å². The lowest BCUT2D eigenvalue weighted by Crippen LogP contribution is -2.41. The Morgan fingerprint density at radius 3 is 2.68 bits per heavy atom. The van der Waals surface area contributed by atoms with Crippen LogP contribution in [0.2, 0.25) is 0 Å². The van der Waals surface area contributed by atoms with Crippen molar-refractivity contribution in [2.75, 3.05) is 14.2 Å². The molecule has 2 amide bonds. The molecule has 1 heterocycles. The van der Waals surface area contributed by atoms with Gasteiger partial charge in [-0.1, -0.05) is 13.0 Å². The third-order valence-electron chi connectivity index (χ3n) is 4.96. The van der Waals surface area contributed by atoms with Gasteiger partial charge in [0.15, 0.2) is 11.5 Å². The van der Waals surface area contributed by atoms with Gasteiger partial charge in [0.25, 0.3) is 5.91 Å². The van der Waals surface area contributed by atoms with Crippen molar-refractivity contribution in [1.29, 1.82) is 0 Å². The molecule has 2 N–H and O–H groups in total. The maximum absolute atomic E-state index is 12.3. The number of rotatable bonds is 6. The first kappa shape index (κ1) is 20.2. The maximum Gasteiger partial charge on any atom is 0.279 e. The summed E-state index contributed by atoms with van der Waals surface area (Å²) in [7, 11) is 3.16.